The molecular weight excluding hydrogens is 212 g/mol. The molecule has 17 heavy (non-hydrogen) atoms. The van der Waals surface area contributed by atoms with Crippen molar-refractivity contribution in [3.05, 3.63) is 59.4 Å². The lowest BCUT2D eigenvalue weighted by molar-refractivity contribution is 0.303. The molecule has 0 aliphatic rings. The van der Waals surface area contributed by atoms with Crippen molar-refractivity contribution in [2.45, 2.75) is 20.1 Å². The fourth-order valence-corrected chi connectivity index (χ4v) is 1.61. The number of hydrogen-bond acceptors (Lipinski definition) is 3. The summed E-state index contributed by atoms with van der Waals surface area (Å²) in [5.74, 6) is 0.908. The molecule has 0 fully saturated rings. The molecule has 0 unspecified atom stereocenters. The van der Waals surface area contributed by atoms with Crippen LogP contribution in [0.5, 0.6) is 5.75 Å². The summed E-state index contributed by atoms with van der Waals surface area (Å²) in [5.41, 5.74) is 8.77. The van der Waals surface area contributed by atoms with Gasteiger partial charge in [-0.3, -0.25) is 4.98 Å². The molecule has 0 saturated heterocycles. The molecule has 0 amide bonds. The molecule has 1 aromatic carbocycles. The van der Waals surface area contributed by atoms with E-state index in [1.165, 1.54) is 0 Å². The molecule has 0 spiro atoms. The van der Waals surface area contributed by atoms with Crippen LogP contribution in [0, 0.1) is 6.92 Å². The minimum absolute atomic E-state index is 0.505. The van der Waals surface area contributed by atoms with Crippen molar-refractivity contribution in [2.24, 2.45) is 5.73 Å². The molecule has 0 bridgehead atoms. The topological polar surface area (TPSA) is 48.1 Å². The Balaban J connectivity index is 2.05. The van der Waals surface area contributed by atoms with Crippen molar-refractivity contribution in [3.63, 3.8) is 0 Å². The maximum Gasteiger partial charge on any atom is 0.122 e. The summed E-state index contributed by atoms with van der Waals surface area (Å²) in [4.78, 5) is 4.13. The second-order valence-electron chi connectivity index (χ2n) is 3.96. The van der Waals surface area contributed by atoms with E-state index in [2.05, 4.69) is 4.98 Å². The molecule has 2 aromatic rings. The van der Waals surface area contributed by atoms with Crippen LogP contribution >= 0.6 is 0 Å². The van der Waals surface area contributed by atoms with Gasteiger partial charge in [0.25, 0.3) is 0 Å². The Kier molecular flexibility index (Phi) is 3.73. The van der Waals surface area contributed by atoms with Crippen LogP contribution in [0.3, 0.4) is 0 Å². The largest absolute Gasteiger partial charge is 0.489 e. The van der Waals surface area contributed by atoms with Crippen LogP contribution in [0.25, 0.3) is 0 Å². The number of hydrogen-bond donors (Lipinski definition) is 1. The smallest absolute Gasteiger partial charge is 0.122 e. The molecule has 1 aromatic heterocycles. The molecule has 0 radical (unpaired) electrons. The van der Waals surface area contributed by atoms with Gasteiger partial charge in [0.15, 0.2) is 0 Å². The molecule has 3 heteroatoms. The van der Waals surface area contributed by atoms with Gasteiger partial charge in [0.2, 0.25) is 0 Å². The fraction of sp³-hybridized carbons (Fsp3) is 0.214. The Morgan fingerprint density at radius 3 is 2.71 bits per heavy atom. The van der Waals surface area contributed by atoms with Crippen molar-refractivity contribution in [2.75, 3.05) is 0 Å². The van der Waals surface area contributed by atoms with Crippen molar-refractivity contribution in [1.82, 2.24) is 4.98 Å². The van der Waals surface area contributed by atoms with E-state index in [-0.39, 0.29) is 0 Å². The SMILES string of the molecule is Cc1ccccc1OCc1cncc(CN)c1. The summed E-state index contributed by atoms with van der Waals surface area (Å²) in [6, 6.07) is 9.99. The number of para-hydroxylation sites is 1. The van der Waals surface area contributed by atoms with Crippen molar-refractivity contribution in [3.8, 4) is 5.75 Å². The van der Waals surface area contributed by atoms with Crippen LogP contribution < -0.4 is 10.5 Å². The zero-order valence-corrected chi connectivity index (χ0v) is 9.89. The van der Waals surface area contributed by atoms with Crippen LogP contribution in [0.4, 0.5) is 0 Å². The molecule has 2 N–H and O–H groups in total. The lowest BCUT2D eigenvalue weighted by Crippen LogP contribution is -2.01. The summed E-state index contributed by atoms with van der Waals surface area (Å²) in [5, 5.41) is 0. The maximum absolute atomic E-state index is 5.74. The first-order chi connectivity index (χ1) is 8.29. The van der Waals surface area contributed by atoms with E-state index >= 15 is 0 Å². The highest BCUT2D eigenvalue weighted by molar-refractivity contribution is 5.32. The molecule has 2 rings (SSSR count). The van der Waals surface area contributed by atoms with Gasteiger partial charge in [-0.05, 0) is 30.2 Å². The van der Waals surface area contributed by atoms with E-state index < -0.39 is 0 Å². The second-order valence-corrected chi connectivity index (χ2v) is 3.96. The van der Waals surface area contributed by atoms with Gasteiger partial charge in [0, 0.05) is 24.5 Å². The predicted octanol–water partition coefficient (Wildman–Crippen LogP) is 2.43. The maximum atomic E-state index is 5.74. The molecule has 88 valence electrons. The van der Waals surface area contributed by atoms with Crippen LogP contribution in [0.1, 0.15) is 16.7 Å². The van der Waals surface area contributed by atoms with E-state index in [0.717, 1.165) is 22.4 Å². The number of pyridine rings is 1. The minimum Gasteiger partial charge on any atom is -0.489 e. The average Bonchev–Trinajstić information content (AvgIpc) is 2.38. The highest BCUT2D eigenvalue weighted by Gasteiger charge is 2.00. The highest BCUT2D eigenvalue weighted by Crippen LogP contribution is 2.17. The normalized spacial score (nSPS) is 10.2. The summed E-state index contributed by atoms with van der Waals surface area (Å²) >= 11 is 0. The molecule has 0 aliphatic carbocycles. The van der Waals surface area contributed by atoms with Crippen LogP contribution in [-0.4, -0.2) is 4.98 Å². The molecule has 0 saturated carbocycles. The number of aryl methyl sites for hydroxylation is 1. The first-order valence-electron chi connectivity index (χ1n) is 5.61. The summed E-state index contributed by atoms with van der Waals surface area (Å²) in [7, 11) is 0. The molecule has 3 nitrogen and oxygen atoms in total. The lowest BCUT2D eigenvalue weighted by Gasteiger charge is -2.09. The van der Waals surface area contributed by atoms with Crippen LogP contribution in [0.15, 0.2) is 42.7 Å². The summed E-state index contributed by atoms with van der Waals surface area (Å²) in [6.07, 6.45) is 3.58. The number of rotatable bonds is 4. The standard InChI is InChI=1S/C14H16N2O/c1-11-4-2-3-5-14(11)17-10-13-6-12(7-15)8-16-9-13/h2-6,8-9H,7,10,15H2,1H3. The van der Waals surface area contributed by atoms with Crippen LogP contribution in [0.2, 0.25) is 0 Å². The van der Waals surface area contributed by atoms with E-state index in [1.807, 2.05) is 37.3 Å². The van der Waals surface area contributed by atoms with Crippen molar-refractivity contribution < 1.29 is 4.74 Å². The Hall–Kier alpha value is -1.87. The molecular formula is C14H16N2O. The third kappa shape index (κ3) is 3.04. The molecule has 0 atom stereocenters. The summed E-state index contributed by atoms with van der Waals surface area (Å²) in [6.45, 7) is 3.06. The first-order valence-corrected chi connectivity index (χ1v) is 5.61. The quantitative estimate of drug-likeness (QED) is 0.874. The van der Waals surface area contributed by atoms with E-state index in [9.17, 15) is 0 Å². The van der Waals surface area contributed by atoms with Crippen molar-refractivity contribution >= 4 is 0 Å². The van der Waals surface area contributed by atoms with Gasteiger partial charge in [-0.15, -0.1) is 0 Å². The highest BCUT2D eigenvalue weighted by atomic mass is 16.5. The molecule has 1 heterocycles. The predicted molar refractivity (Wildman–Crippen MR) is 67.6 cm³/mol. The van der Waals surface area contributed by atoms with Gasteiger partial charge in [0.1, 0.15) is 12.4 Å². The van der Waals surface area contributed by atoms with Crippen LogP contribution in [-0.2, 0) is 13.2 Å². The van der Waals surface area contributed by atoms with Gasteiger partial charge < -0.3 is 10.5 Å². The minimum atomic E-state index is 0.505. The Morgan fingerprint density at radius 1 is 1.18 bits per heavy atom. The van der Waals surface area contributed by atoms with Crippen molar-refractivity contribution in [1.29, 1.82) is 0 Å². The van der Waals surface area contributed by atoms with Gasteiger partial charge in [-0.2, -0.15) is 0 Å². The number of ether oxygens (including phenoxy) is 1. The van der Waals surface area contributed by atoms with Gasteiger partial charge in [-0.25, -0.2) is 0 Å². The zero-order valence-electron chi connectivity index (χ0n) is 9.89. The third-order valence-electron chi connectivity index (χ3n) is 2.58. The Labute approximate surface area is 101 Å². The third-order valence-corrected chi connectivity index (χ3v) is 2.58. The number of nitrogens with zero attached hydrogens (tertiary/aromatic N) is 1. The number of aromatic nitrogens is 1. The Bertz CT molecular complexity index is 497. The summed E-state index contributed by atoms with van der Waals surface area (Å²) < 4.78 is 5.74. The van der Waals surface area contributed by atoms with Gasteiger partial charge >= 0.3 is 0 Å². The van der Waals surface area contributed by atoms with Gasteiger partial charge in [0.05, 0.1) is 0 Å². The zero-order chi connectivity index (χ0) is 12.1. The fourth-order valence-electron chi connectivity index (χ4n) is 1.61. The van der Waals surface area contributed by atoms with E-state index in [4.69, 9.17) is 10.5 Å². The van der Waals surface area contributed by atoms with E-state index in [0.29, 0.717) is 13.2 Å². The first kappa shape index (κ1) is 11.6. The Morgan fingerprint density at radius 2 is 1.94 bits per heavy atom. The second kappa shape index (κ2) is 5.46. The molecule has 0 aliphatic heterocycles. The van der Waals surface area contributed by atoms with E-state index in [1.54, 1.807) is 12.4 Å². The average molecular weight is 228 g/mol. The number of benzene rings is 1. The number of nitrogens with two attached hydrogens (primary N) is 1. The monoisotopic (exact) mass is 228 g/mol. The lowest BCUT2D eigenvalue weighted by atomic mass is 10.2. The van der Waals surface area contributed by atoms with Gasteiger partial charge in [-0.1, -0.05) is 18.2 Å².